The van der Waals surface area contributed by atoms with E-state index in [0.29, 0.717) is 6.54 Å². The first kappa shape index (κ1) is 12.0. The number of nitrogens with zero attached hydrogens (tertiary/aromatic N) is 3. The van der Waals surface area contributed by atoms with Crippen LogP contribution in [0.1, 0.15) is 12.8 Å². The Balaban J connectivity index is 2.15. The molecule has 0 saturated heterocycles. The summed E-state index contributed by atoms with van der Waals surface area (Å²) in [5.41, 5.74) is -0.492. The van der Waals surface area contributed by atoms with Gasteiger partial charge in [0.2, 0.25) is 11.0 Å². The molecule has 1 aromatic rings. The molecule has 1 saturated carbocycles. The molecule has 0 aromatic carbocycles. The second kappa shape index (κ2) is 4.42. The van der Waals surface area contributed by atoms with Crippen LogP contribution >= 0.6 is 11.6 Å². The number of nitro groups is 1. The number of aromatic nitrogens is 2. The minimum atomic E-state index is -0.622. The van der Waals surface area contributed by atoms with E-state index in [0.717, 1.165) is 19.2 Å². The molecule has 0 unspecified atom stereocenters. The van der Waals surface area contributed by atoms with Crippen LogP contribution in [0.5, 0.6) is 0 Å². The van der Waals surface area contributed by atoms with Gasteiger partial charge in [-0.3, -0.25) is 10.1 Å². The molecule has 92 valence electrons. The number of aliphatic hydroxyl groups excluding tert-OH is 1. The standard InChI is InChI=1S/C9H11ClN4O3/c10-7-6(14(16)17)8(13-5-12-7)11-3-9(4-15)1-2-9/h5,15H,1-4H2,(H,11,12,13). The van der Waals surface area contributed by atoms with Crippen LogP contribution in [0, 0.1) is 15.5 Å². The second-order valence-corrected chi connectivity index (χ2v) is 4.49. The smallest absolute Gasteiger partial charge is 0.348 e. The van der Waals surface area contributed by atoms with Gasteiger partial charge < -0.3 is 10.4 Å². The lowest BCUT2D eigenvalue weighted by Crippen LogP contribution is -2.20. The molecule has 2 rings (SSSR count). The average Bonchev–Trinajstić information content (AvgIpc) is 3.06. The fraction of sp³-hybridized carbons (Fsp3) is 0.556. The zero-order valence-corrected chi connectivity index (χ0v) is 9.65. The van der Waals surface area contributed by atoms with E-state index in [-0.39, 0.29) is 28.7 Å². The predicted molar refractivity (Wildman–Crippen MR) is 60.9 cm³/mol. The number of hydrogen-bond acceptors (Lipinski definition) is 6. The molecule has 0 aliphatic heterocycles. The van der Waals surface area contributed by atoms with Crippen molar-refractivity contribution in [2.24, 2.45) is 5.41 Å². The largest absolute Gasteiger partial charge is 0.396 e. The van der Waals surface area contributed by atoms with Gasteiger partial charge in [0.1, 0.15) is 6.33 Å². The maximum Gasteiger partial charge on any atom is 0.348 e. The number of aliphatic hydroxyl groups is 1. The third-order valence-electron chi connectivity index (χ3n) is 2.88. The Morgan fingerprint density at radius 2 is 2.29 bits per heavy atom. The van der Waals surface area contributed by atoms with Crippen molar-refractivity contribution in [2.45, 2.75) is 12.8 Å². The van der Waals surface area contributed by atoms with Gasteiger partial charge in [-0.05, 0) is 12.8 Å². The lowest BCUT2D eigenvalue weighted by molar-refractivity contribution is -0.384. The first-order valence-electron chi connectivity index (χ1n) is 5.08. The second-order valence-electron chi connectivity index (χ2n) is 4.13. The highest BCUT2D eigenvalue weighted by Crippen LogP contribution is 2.45. The molecular formula is C9H11ClN4O3. The molecule has 0 bridgehead atoms. The first-order chi connectivity index (χ1) is 8.08. The molecule has 17 heavy (non-hydrogen) atoms. The summed E-state index contributed by atoms with van der Waals surface area (Å²) in [5, 5.41) is 22.6. The predicted octanol–water partition coefficient (Wildman–Crippen LogP) is 1.22. The summed E-state index contributed by atoms with van der Waals surface area (Å²) in [6, 6.07) is 0. The van der Waals surface area contributed by atoms with Gasteiger partial charge in [-0.1, -0.05) is 11.6 Å². The van der Waals surface area contributed by atoms with E-state index in [1.807, 2.05) is 0 Å². The average molecular weight is 259 g/mol. The van der Waals surface area contributed by atoms with Crippen molar-refractivity contribution >= 4 is 23.1 Å². The van der Waals surface area contributed by atoms with Crippen molar-refractivity contribution in [1.82, 2.24) is 9.97 Å². The van der Waals surface area contributed by atoms with Crippen LogP contribution < -0.4 is 5.32 Å². The van der Waals surface area contributed by atoms with Gasteiger partial charge >= 0.3 is 5.69 Å². The summed E-state index contributed by atoms with van der Waals surface area (Å²) in [6.07, 6.45) is 2.97. The molecule has 1 aliphatic carbocycles. The van der Waals surface area contributed by atoms with Crippen molar-refractivity contribution in [3.8, 4) is 0 Å². The summed E-state index contributed by atoms with van der Waals surface area (Å²) < 4.78 is 0. The summed E-state index contributed by atoms with van der Waals surface area (Å²) >= 11 is 5.64. The molecule has 0 atom stereocenters. The normalized spacial score (nSPS) is 16.6. The van der Waals surface area contributed by atoms with Crippen LogP contribution in [0.2, 0.25) is 5.15 Å². The Bertz CT molecular complexity index is 450. The highest BCUT2D eigenvalue weighted by molar-refractivity contribution is 6.31. The number of hydrogen-bond donors (Lipinski definition) is 2. The number of anilines is 1. The molecule has 0 amide bonds. The van der Waals surface area contributed by atoms with Gasteiger partial charge in [-0.15, -0.1) is 0 Å². The van der Waals surface area contributed by atoms with Crippen LogP contribution in [0.3, 0.4) is 0 Å². The Kier molecular flexibility index (Phi) is 3.12. The molecule has 1 aliphatic rings. The van der Waals surface area contributed by atoms with E-state index < -0.39 is 4.92 Å². The minimum Gasteiger partial charge on any atom is -0.396 e. The van der Waals surface area contributed by atoms with Gasteiger partial charge in [-0.25, -0.2) is 9.97 Å². The van der Waals surface area contributed by atoms with Gasteiger partial charge in [-0.2, -0.15) is 0 Å². The topological polar surface area (TPSA) is 101 Å². The molecule has 1 aromatic heterocycles. The first-order valence-corrected chi connectivity index (χ1v) is 5.45. The van der Waals surface area contributed by atoms with Crippen molar-refractivity contribution in [3.05, 3.63) is 21.6 Å². The minimum absolute atomic E-state index is 0.0621. The molecule has 0 radical (unpaired) electrons. The van der Waals surface area contributed by atoms with E-state index in [4.69, 9.17) is 16.7 Å². The van der Waals surface area contributed by atoms with Gasteiger partial charge in [0.15, 0.2) is 0 Å². The maximum absolute atomic E-state index is 10.8. The van der Waals surface area contributed by atoms with Crippen molar-refractivity contribution in [3.63, 3.8) is 0 Å². The van der Waals surface area contributed by atoms with E-state index >= 15 is 0 Å². The fourth-order valence-electron chi connectivity index (χ4n) is 1.49. The van der Waals surface area contributed by atoms with Crippen molar-refractivity contribution < 1.29 is 10.0 Å². The van der Waals surface area contributed by atoms with Gasteiger partial charge in [0.25, 0.3) is 0 Å². The Morgan fingerprint density at radius 1 is 1.59 bits per heavy atom. The van der Waals surface area contributed by atoms with Crippen LogP contribution in [0.4, 0.5) is 11.5 Å². The lowest BCUT2D eigenvalue weighted by atomic mass is 10.1. The molecular weight excluding hydrogens is 248 g/mol. The summed E-state index contributed by atoms with van der Waals surface area (Å²) in [5.74, 6) is 0.0923. The van der Waals surface area contributed by atoms with Crippen molar-refractivity contribution in [1.29, 1.82) is 0 Å². The van der Waals surface area contributed by atoms with E-state index in [9.17, 15) is 10.1 Å². The summed E-state index contributed by atoms with van der Waals surface area (Å²) in [4.78, 5) is 17.5. The summed E-state index contributed by atoms with van der Waals surface area (Å²) in [6.45, 7) is 0.504. The summed E-state index contributed by atoms with van der Waals surface area (Å²) in [7, 11) is 0. The molecule has 7 nitrogen and oxygen atoms in total. The van der Waals surface area contributed by atoms with Crippen LogP contribution in [-0.2, 0) is 0 Å². The fourth-order valence-corrected chi connectivity index (χ4v) is 1.69. The third-order valence-corrected chi connectivity index (χ3v) is 3.16. The van der Waals surface area contributed by atoms with Gasteiger partial charge in [0, 0.05) is 12.0 Å². The third kappa shape index (κ3) is 2.45. The van der Waals surface area contributed by atoms with E-state index in [2.05, 4.69) is 15.3 Å². The zero-order valence-electron chi connectivity index (χ0n) is 8.89. The lowest BCUT2D eigenvalue weighted by Gasteiger charge is -2.12. The van der Waals surface area contributed by atoms with Crippen LogP contribution in [0.15, 0.2) is 6.33 Å². The maximum atomic E-state index is 10.8. The molecule has 2 N–H and O–H groups in total. The van der Waals surface area contributed by atoms with Crippen LogP contribution in [0.25, 0.3) is 0 Å². The monoisotopic (exact) mass is 258 g/mol. The molecule has 0 spiro atoms. The van der Waals surface area contributed by atoms with E-state index in [1.165, 1.54) is 0 Å². The molecule has 1 heterocycles. The van der Waals surface area contributed by atoms with Gasteiger partial charge in [0.05, 0.1) is 11.5 Å². The van der Waals surface area contributed by atoms with Crippen molar-refractivity contribution in [2.75, 3.05) is 18.5 Å². The highest BCUT2D eigenvalue weighted by atomic mass is 35.5. The highest BCUT2D eigenvalue weighted by Gasteiger charge is 2.42. The van der Waals surface area contributed by atoms with E-state index in [1.54, 1.807) is 0 Å². The number of halogens is 1. The quantitative estimate of drug-likeness (QED) is 0.468. The SMILES string of the molecule is O=[N+]([O-])c1c(Cl)ncnc1NCC1(CO)CC1. The Labute approximate surface area is 102 Å². The number of nitrogens with one attached hydrogen (secondary N) is 1. The Morgan fingerprint density at radius 3 is 2.82 bits per heavy atom. The molecule has 1 fully saturated rings. The Hall–Kier alpha value is -1.47. The number of rotatable bonds is 5. The molecule has 8 heteroatoms. The van der Waals surface area contributed by atoms with Crippen LogP contribution in [-0.4, -0.2) is 33.1 Å². The zero-order chi connectivity index (χ0) is 12.5.